The average Bonchev–Trinajstić information content (AvgIpc) is 2.48. The van der Waals surface area contributed by atoms with E-state index in [1.165, 1.54) is 12.8 Å². The fraction of sp³-hybridized carbons (Fsp3) is 0.600. The van der Waals surface area contributed by atoms with Gasteiger partial charge in [0.25, 0.3) is 0 Å². The minimum Gasteiger partial charge on any atom is -0.353 e. The summed E-state index contributed by atoms with van der Waals surface area (Å²) >= 11 is 0. The van der Waals surface area contributed by atoms with Crippen LogP contribution < -0.4 is 11.1 Å². The summed E-state index contributed by atoms with van der Waals surface area (Å²) in [6.07, 6.45) is 8.07. The van der Waals surface area contributed by atoms with E-state index >= 15 is 0 Å². The van der Waals surface area contributed by atoms with Crippen LogP contribution in [0.15, 0.2) is 24.5 Å². The summed E-state index contributed by atoms with van der Waals surface area (Å²) in [5, 5.41) is 3.17. The number of pyridine rings is 1. The van der Waals surface area contributed by atoms with Crippen molar-refractivity contribution in [3.63, 3.8) is 0 Å². The van der Waals surface area contributed by atoms with Gasteiger partial charge in [-0.25, -0.2) is 0 Å². The Morgan fingerprint density at radius 2 is 2.14 bits per heavy atom. The van der Waals surface area contributed by atoms with Gasteiger partial charge in [-0.2, -0.15) is 0 Å². The Balaban J connectivity index is 0.00000200. The van der Waals surface area contributed by atoms with Crippen molar-refractivity contribution >= 4 is 30.7 Å². The third-order valence-electron chi connectivity index (χ3n) is 4.12. The first kappa shape index (κ1) is 20.2. The Bertz CT molecular complexity index is 417. The summed E-state index contributed by atoms with van der Waals surface area (Å²) in [6.45, 7) is 2.58. The van der Waals surface area contributed by atoms with E-state index in [0.717, 1.165) is 18.4 Å². The molecule has 1 saturated carbocycles. The summed E-state index contributed by atoms with van der Waals surface area (Å²) in [7, 11) is 0. The van der Waals surface area contributed by atoms with Crippen LogP contribution in [0.1, 0.15) is 44.1 Å². The van der Waals surface area contributed by atoms with Crippen molar-refractivity contribution in [2.75, 3.05) is 6.54 Å². The smallest absolute Gasteiger partial charge is 0.227 e. The van der Waals surface area contributed by atoms with Crippen LogP contribution in [-0.2, 0) is 4.79 Å². The number of rotatable bonds is 4. The molecule has 0 saturated heterocycles. The Morgan fingerprint density at radius 3 is 2.76 bits per heavy atom. The maximum atomic E-state index is 12.3. The highest BCUT2D eigenvalue weighted by atomic mass is 35.5. The van der Waals surface area contributed by atoms with Crippen LogP contribution in [0, 0.1) is 5.92 Å². The Labute approximate surface area is 139 Å². The predicted molar refractivity (Wildman–Crippen MR) is 90.1 cm³/mol. The van der Waals surface area contributed by atoms with E-state index in [1.54, 1.807) is 12.4 Å². The van der Waals surface area contributed by atoms with Gasteiger partial charge in [-0.05, 0) is 43.9 Å². The van der Waals surface area contributed by atoms with E-state index in [4.69, 9.17) is 5.73 Å². The number of carbonyl (C=O) groups is 1. The molecule has 1 heterocycles. The summed E-state index contributed by atoms with van der Waals surface area (Å²) in [6, 6.07) is 4.05. The number of amides is 1. The molecule has 0 spiro atoms. The number of nitrogens with zero attached hydrogens (tertiary/aromatic N) is 1. The van der Waals surface area contributed by atoms with Crippen LogP contribution in [-0.4, -0.2) is 23.5 Å². The standard InChI is InChI=1S/C15H23N3O.2ClH/c1-11(13-6-4-8-17-10-13)15(19)18-14-7-3-2-5-12(14)9-16;;/h4,6,8,10-12,14H,2-3,5,7,9,16H2,1H3,(H,18,19);2*1H. The molecule has 1 aliphatic rings. The van der Waals surface area contributed by atoms with Gasteiger partial charge in [0.15, 0.2) is 0 Å². The van der Waals surface area contributed by atoms with Gasteiger partial charge in [0.05, 0.1) is 5.92 Å². The van der Waals surface area contributed by atoms with Crippen molar-refractivity contribution in [3.8, 4) is 0 Å². The molecule has 3 N–H and O–H groups in total. The highest BCUT2D eigenvalue weighted by Gasteiger charge is 2.27. The number of nitrogens with two attached hydrogens (primary N) is 1. The first-order valence-corrected chi connectivity index (χ1v) is 7.12. The van der Waals surface area contributed by atoms with E-state index in [9.17, 15) is 4.79 Å². The van der Waals surface area contributed by atoms with Gasteiger partial charge in [0.1, 0.15) is 0 Å². The Morgan fingerprint density at radius 1 is 1.43 bits per heavy atom. The summed E-state index contributed by atoms with van der Waals surface area (Å²) in [5.74, 6) is 0.353. The molecule has 3 atom stereocenters. The van der Waals surface area contributed by atoms with E-state index in [2.05, 4.69) is 10.3 Å². The number of nitrogens with one attached hydrogen (secondary N) is 1. The van der Waals surface area contributed by atoms with Gasteiger partial charge in [-0.3, -0.25) is 9.78 Å². The third-order valence-corrected chi connectivity index (χ3v) is 4.12. The molecular weight excluding hydrogens is 309 g/mol. The van der Waals surface area contributed by atoms with Crippen LogP contribution in [0.25, 0.3) is 0 Å². The Kier molecular flexibility index (Phi) is 9.58. The fourth-order valence-corrected chi connectivity index (χ4v) is 2.77. The largest absolute Gasteiger partial charge is 0.353 e. The Hall–Kier alpha value is -0.840. The minimum absolute atomic E-state index is 0. The van der Waals surface area contributed by atoms with E-state index in [0.29, 0.717) is 12.5 Å². The second-order valence-corrected chi connectivity index (χ2v) is 5.40. The second-order valence-electron chi connectivity index (χ2n) is 5.40. The third kappa shape index (κ3) is 5.46. The summed E-state index contributed by atoms with van der Waals surface area (Å²) < 4.78 is 0. The van der Waals surface area contributed by atoms with Crippen molar-refractivity contribution in [3.05, 3.63) is 30.1 Å². The number of halogens is 2. The zero-order chi connectivity index (χ0) is 13.7. The molecule has 0 radical (unpaired) electrons. The maximum absolute atomic E-state index is 12.3. The van der Waals surface area contributed by atoms with Crippen LogP contribution in [0.4, 0.5) is 0 Å². The lowest BCUT2D eigenvalue weighted by Gasteiger charge is -2.32. The van der Waals surface area contributed by atoms with E-state index in [-0.39, 0.29) is 42.7 Å². The van der Waals surface area contributed by atoms with Gasteiger partial charge >= 0.3 is 0 Å². The monoisotopic (exact) mass is 333 g/mol. The zero-order valence-corrected chi connectivity index (χ0v) is 14.0. The molecular formula is C15H25Cl2N3O. The zero-order valence-electron chi connectivity index (χ0n) is 12.3. The average molecular weight is 334 g/mol. The molecule has 120 valence electrons. The molecule has 21 heavy (non-hydrogen) atoms. The van der Waals surface area contributed by atoms with Crippen molar-refractivity contribution in [2.24, 2.45) is 11.7 Å². The number of carbonyl (C=O) groups excluding carboxylic acids is 1. The quantitative estimate of drug-likeness (QED) is 0.889. The highest BCUT2D eigenvalue weighted by molar-refractivity contribution is 5.85. The lowest BCUT2D eigenvalue weighted by Crippen LogP contribution is -2.46. The molecule has 1 aliphatic carbocycles. The molecule has 2 rings (SSSR count). The van der Waals surface area contributed by atoms with Crippen LogP contribution >= 0.6 is 24.8 Å². The van der Waals surface area contributed by atoms with Crippen molar-refractivity contribution < 1.29 is 4.79 Å². The van der Waals surface area contributed by atoms with Gasteiger partial charge in [0, 0.05) is 18.4 Å². The molecule has 6 heteroatoms. The van der Waals surface area contributed by atoms with E-state index in [1.807, 2.05) is 19.1 Å². The molecule has 0 aromatic carbocycles. The molecule has 1 fully saturated rings. The van der Waals surface area contributed by atoms with Crippen molar-refractivity contribution in [1.29, 1.82) is 0 Å². The minimum atomic E-state index is -0.158. The van der Waals surface area contributed by atoms with Gasteiger partial charge in [-0.15, -0.1) is 24.8 Å². The van der Waals surface area contributed by atoms with Crippen molar-refractivity contribution in [2.45, 2.75) is 44.6 Å². The van der Waals surface area contributed by atoms with Gasteiger partial charge in [0.2, 0.25) is 5.91 Å². The normalized spacial score (nSPS) is 22.4. The number of aromatic nitrogens is 1. The molecule has 1 aromatic rings. The molecule has 1 amide bonds. The molecule has 0 aliphatic heterocycles. The number of hydrogen-bond donors (Lipinski definition) is 2. The van der Waals surface area contributed by atoms with Gasteiger partial charge < -0.3 is 11.1 Å². The van der Waals surface area contributed by atoms with Crippen molar-refractivity contribution in [1.82, 2.24) is 10.3 Å². The molecule has 0 bridgehead atoms. The summed E-state index contributed by atoms with van der Waals surface area (Å²) in [5.41, 5.74) is 6.75. The molecule has 4 nitrogen and oxygen atoms in total. The first-order chi connectivity index (χ1) is 9.22. The maximum Gasteiger partial charge on any atom is 0.227 e. The summed E-state index contributed by atoms with van der Waals surface area (Å²) in [4.78, 5) is 16.4. The van der Waals surface area contributed by atoms with E-state index < -0.39 is 0 Å². The SMILES string of the molecule is CC(C(=O)NC1CCCCC1CN)c1cccnc1.Cl.Cl. The number of hydrogen-bond acceptors (Lipinski definition) is 3. The first-order valence-electron chi connectivity index (χ1n) is 7.12. The van der Waals surface area contributed by atoms with Gasteiger partial charge in [-0.1, -0.05) is 18.9 Å². The lowest BCUT2D eigenvalue weighted by molar-refractivity contribution is -0.123. The lowest BCUT2D eigenvalue weighted by atomic mass is 9.84. The highest BCUT2D eigenvalue weighted by Crippen LogP contribution is 2.24. The van der Waals surface area contributed by atoms with Crippen LogP contribution in [0.5, 0.6) is 0 Å². The fourth-order valence-electron chi connectivity index (χ4n) is 2.77. The van der Waals surface area contributed by atoms with Crippen LogP contribution in [0.2, 0.25) is 0 Å². The second kappa shape index (κ2) is 9.98. The molecule has 3 unspecified atom stereocenters. The predicted octanol–water partition coefficient (Wildman–Crippen LogP) is 2.66. The van der Waals surface area contributed by atoms with Crippen LogP contribution in [0.3, 0.4) is 0 Å². The topological polar surface area (TPSA) is 68.0 Å². The molecule has 1 aromatic heterocycles.